The molecule has 0 spiro atoms. The van der Waals surface area contributed by atoms with Crippen LogP contribution in [0.2, 0.25) is 0 Å². The third kappa shape index (κ3) is 3.32. The van der Waals surface area contributed by atoms with Gasteiger partial charge in [0.15, 0.2) is 0 Å². The van der Waals surface area contributed by atoms with E-state index in [2.05, 4.69) is 45.5 Å². The molecule has 2 bridgehead atoms. The predicted octanol–water partition coefficient (Wildman–Crippen LogP) is 1.70. The Hall–Kier alpha value is -2.24. The second-order valence-corrected chi connectivity index (χ2v) is 6.57. The van der Waals surface area contributed by atoms with Gasteiger partial charge in [-0.15, -0.1) is 0 Å². The molecule has 124 valence electrons. The van der Waals surface area contributed by atoms with Gasteiger partial charge in [-0.05, 0) is 22.8 Å². The Morgan fingerprint density at radius 3 is 2.79 bits per heavy atom. The van der Waals surface area contributed by atoms with Gasteiger partial charge in [-0.25, -0.2) is 0 Å². The van der Waals surface area contributed by atoms with Crippen molar-refractivity contribution in [2.75, 3.05) is 26.3 Å². The average Bonchev–Trinajstić information content (AvgIpc) is 2.85. The normalized spacial score (nSPS) is 24.2. The highest BCUT2D eigenvalue weighted by molar-refractivity contribution is 5.80. The Bertz CT molecular complexity index is 702. The number of hydrogen-bond acceptors (Lipinski definition) is 4. The number of nitrogens with one attached hydrogen (secondary N) is 1. The summed E-state index contributed by atoms with van der Waals surface area (Å²) in [5.74, 6) is 0.0686. The minimum atomic E-state index is -0.0628. The van der Waals surface area contributed by atoms with Crippen LogP contribution in [0.4, 0.5) is 0 Å². The summed E-state index contributed by atoms with van der Waals surface area (Å²) in [6.45, 7) is 3.59. The molecular formula is C19H21N3O2. The molecule has 1 aromatic heterocycles. The third-order valence-corrected chi connectivity index (χ3v) is 4.67. The van der Waals surface area contributed by atoms with E-state index in [1.54, 1.807) is 6.20 Å². The molecule has 0 radical (unpaired) electrons. The van der Waals surface area contributed by atoms with Crippen LogP contribution in [0.5, 0.6) is 0 Å². The molecule has 4 rings (SSSR count). The van der Waals surface area contributed by atoms with Crippen molar-refractivity contribution in [2.45, 2.75) is 12.6 Å². The number of carbonyl (C=O) groups excluding carboxylic acids is 1. The predicted molar refractivity (Wildman–Crippen MR) is 91.2 cm³/mol. The lowest BCUT2D eigenvalue weighted by atomic mass is 10.0. The smallest absolute Gasteiger partial charge is 0.227 e. The highest BCUT2D eigenvalue weighted by atomic mass is 16.5. The van der Waals surface area contributed by atoms with Crippen molar-refractivity contribution in [3.63, 3.8) is 0 Å². The van der Waals surface area contributed by atoms with Gasteiger partial charge >= 0.3 is 0 Å². The first-order valence-electron chi connectivity index (χ1n) is 8.38. The van der Waals surface area contributed by atoms with Gasteiger partial charge in [0.1, 0.15) is 0 Å². The van der Waals surface area contributed by atoms with Gasteiger partial charge in [0, 0.05) is 32.0 Å². The van der Waals surface area contributed by atoms with E-state index in [0.717, 1.165) is 25.2 Å². The van der Waals surface area contributed by atoms with Crippen molar-refractivity contribution in [2.24, 2.45) is 5.92 Å². The van der Waals surface area contributed by atoms with Crippen LogP contribution < -0.4 is 5.32 Å². The molecule has 1 aromatic carbocycles. The number of nitrogens with zero attached hydrogens (tertiary/aromatic N) is 2. The van der Waals surface area contributed by atoms with E-state index in [0.29, 0.717) is 13.2 Å². The van der Waals surface area contributed by atoms with Crippen molar-refractivity contribution < 1.29 is 9.53 Å². The molecule has 2 aliphatic heterocycles. The number of ether oxygens (including phenoxy) is 1. The number of amides is 1. The topological polar surface area (TPSA) is 54.5 Å². The molecule has 1 N–H and O–H groups in total. The van der Waals surface area contributed by atoms with Gasteiger partial charge < -0.3 is 10.1 Å². The van der Waals surface area contributed by atoms with Gasteiger partial charge in [-0.1, -0.05) is 30.3 Å². The van der Waals surface area contributed by atoms with Crippen LogP contribution in [0.15, 0.2) is 48.8 Å². The standard InChI is InChI=1S/C19H21N3O2/c23-19-17-10-22(11-18(21-19)13-24-12-17)9-14-3-5-15(6-4-14)16-2-1-7-20-8-16/h1-8,17-18H,9-13H2,(H,21,23)/t17-,18+/m1/s1. The quantitative estimate of drug-likeness (QED) is 0.934. The summed E-state index contributed by atoms with van der Waals surface area (Å²) in [5.41, 5.74) is 3.56. The summed E-state index contributed by atoms with van der Waals surface area (Å²) in [6.07, 6.45) is 3.66. The number of hydrogen-bond donors (Lipinski definition) is 1. The van der Waals surface area contributed by atoms with E-state index in [9.17, 15) is 4.79 Å². The average molecular weight is 323 g/mol. The lowest BCUT2D eigenvalue weighted by Crippen LogP contribution is -2.41. The maximum Gasteiger partial charge on any atom is 0.227 e. The van der Waals surface area contributed by atoms with Gasteiger partial charge in [-0.3, -0.25) is 14.7 Å². The van der Waals surface area contributed by atoms with Crippen molar-refractivity contribution in [3.05, 3.63) is 54.4 Å². The van der Waals surface area contributed by atoms with E-state index < -0.39 is 0 Å². The molecule has 0 aliphatic carbocycles. The SMILES string of the molecule is O=C1N[C@@H]2COC[C@H]1CN(Cc1ccc(-c3cccnc3)cc1)C2. The minimum Gasteiger partial charge on any atom is -0.378 e. The molecule has 0 unspecified atom stereocenters. The maximum absolute atomic E-state index is 12.1. The fourth-order valence-electron chi connectivity index (χ4n) is 3.44. The zero-order chi connectivity index (χ0) is 16.4. The lowest BCUT2D eigenvalue weighted by Gasteiger charge is -2.27. The van der Waals surface area contributed by atoms with E-state index in [-0.39, 0.29) is 17.9 Å². The van der Waals surface area contributed by atoms with Crippen LogP contribution in [0.25, 0.3) is 11.1 Å². The fourth-order valence-corrected chi connectivity index (χ4v) is 3.44. The Morgan fingerprint density at radius 1 is 1.12 bits per heavy atom. The van der Waals surface area contributed by atoms with Crippen molar-refractivity contribution in [3.8, 4) is 11.1 Å². The van der Waals surface area contributed by atoms with Crippen molar-refractivity contribution in [1.29, 1.82) is 0 Å². The summed E-state index contributed by atoms with van der Waals surface area (Å²) in [7, 11) is 0. The van der Waals surface area contributed by atoms with Crippen molar-refractivity contribution >= 4 is 5.91 Å². The van der Waals surface area contributed by atoms with E-state index in [1.807, 2.05) is 12.3 Å². The first kappa shape index (κ1) is 15.3. The summed E-state index contributed by atoms with van der Waals surface area (Å²) in [6, 6.07) is 12.7. The van der Waals surface area contributed by atoms with Gasteiger partial charge in [-0.2, -0.15) is 0 Å². The number of fused-ring (bicyclic) bond motifs is 3. The Labute approximate surface area is 141 Å². The van der Waals surface area contributed by atoms with Crippen LogP contribution in [0.1, 0.15) is 5.56 Å². The van der Waals surface area contributed by atoms with Gasteiger partial charge in [0.25, 0.3) is 0 Å². The number of pyridine rings is 1. The largest absolute Gasteiger partial charge is 0.378 e. The first-order valence-corrected chi connectivity index (χ1v) is 8.38. The molecule has 24 heavy (non-hydrogen) atoms. The van der Waals surface area contributed by atoms with E-state index in [1.165, 1.54) is 11.1 Å². The molecule has 2 atom stereocenters. The molecular weight excluding hydrogens is 302 g/mol. The molecule has 2 fully saturated rings. The van der Waals surface area contributed by atoms with Crippen molar-refractivity contribution in [1.82, 2.24) is 15.2 Å². The Kier molecular flexibility index (Phi) is 4.28. The highest BCUT2D eigenvalue weighted by Crippen LogP contribution is 2.20. The molecule has 2 aliphatic rings. The summed E-state index contributed by atoms with van der Waals surface area (Å²) < 4.78 is 5.58. The van der Waals surface area contributed by atoms with Crippen LogP contribution in [-0.2, 0) is 16.1 Å². The first-order chi connectivity index (χ1) is 11.8. The Balaban J connectivity index is 1.46. The van der Waals surface area contributed by atoms with E-state index >= 15 is 0 Å². The number of carbonyl (C=O) groups is 1. The number of aromatic nitrogens is 1. The molecule has 2 saturated heterocycles. The minimum absolute atomic E-state index is 0.0628. The van der Waals surface area contributed by atoms with Crippen LogP contribution >= 0.6 is 0 Å². The molecule has 0 saturated carbocycles. The highest BCUT2D eigenvalue weighted by Gasteiger charge is 2.32. The Morgan fingerprint density at radius 2 is 2.00 bits per heavy atom. The van der Waals surface area contributed by atoms with Crippen LogP contribution in [-0.4, -0.2) is 48.1 Å². The summed E-state index contributed by atoms with van der Waals surface area (Å²) in [4.78, 5) is 18.6. The third-order valence-electron chi connectivity index (χ3n) is 4.67. The molecule has 3 heterocycles. The molecule has 5 heteroatoms. The van der Waals surface area contributed by atoms with Gasteiger partial charge in [0.05, 0.1) is 25.2 Å². The monoisotopic (exact) mass is 323 g/mol. The van der Waals surface area contributed by atoms with Crippen LogP contribution in [0, 0.1) is 5.92 Å². The van der Waals surface area contributed by atoms with E-state index in [4.69, 9.17) is 4.74 Å². The second kappa shape index (κ2) is 6.71. The maximum atomic E-state index is 12.1. The second-order valence-electron chi connectivity index (χ2n) is 6.57. The summed E-state index contributed by atoms with van der Waals surface area (Å²) >= 11 is 0. The molecule has 2 aromatic rings. The fraction of sp³-hybridized carbons (Fsp3) is 0.368. The molecule has 5 nitrogen and oxygen atoms in total. The zero-order valence-corrected chi connectivity index (χ0v) is 13.5. The zero-order valence-electron chi connectivity index (χ0n) is 13.5. The van der Waals surface area contributed by atoms with Crippen LogP contribution in [0.3, 0.4) is 0 Å². The molecule has 1 amide bonds. The lowest BCUT2D eigenvalue weighted by molar-refractivity contribution is -0.125. The number of benzene rings is 1. The summed E-state index contributed by atoms with van der Waals surface area (Å²) in [5, 5.41) is 3.07. The number of rotatable bonds is 3. The van der Waals surface area contributed by atoms with Gasteiger partial charge in [0.2, 0.25) is 5.91 Å².